The van der Waals surface area contributed by atoms with Gasteiger partial charge in [0.15, 0.2) is 0 Å². The second-order valence-corrected chi connectivity index (χ2v) is 7.85. The lowest BCUT2D eigenvalue weighted by Gasteiger charge is -2.31. The Morgan fingerprint density at radius 2 is 1.92 bits per heavy atom. The van der Waals surface area contributed by atoms with Crippen LogP contribution in [0.2, 0.25) is 5.02 Å². The molecule has 3 nitrogen and oxygen atoms in total. The SMILES string of the molecule is O=C(c1cc(F)ccc1F)N1CCC(c2nc3cc(Cl)ccc3s2)CC1. The van der Waals surface area contributed by atoms with Crippen molar-refractivity contribution in [2.24, 2.45) is 0 Å². The van der Waals surface area contributed by atoms with Crippen LogP contribution >= 0.6 is 22.9 Å². The van der Waals surface area contributed by atoms with E-state index in [1.807, 2.05) is 18.2 Å². The lowest BCUT2D eigenvalue weighted by molar-refractivity contribution is 0.0707. The zero-order valence-corrected chi connectivity index (χ0v) is 15.3. The Labute approximate surface area is 158 Å². The first-order valence-corrected chi connectivity index (χ1v) is 9.51. The highest BCUT2D eigenvalue weighted by Crippen LogP contribution is 2.35. The second kappa shape index (κ2) is 6.93. The summed E-state index contributed by atoms with van der Waals surface area (Å²) in [4.78, 5) is 18.7. The van der Waals surface area contributed by atoms with Crippen molar-refractivity contribution in [3.8, 4) is 0 Å². The van der Waals surface area contributed by atoms with Crippen LogP contribution in [0, 0.1) is 11.6 Å². The highest BCUT2D eigenvalue weighted by atomic mass is 35.5. The van der Waals surface area contributed by atoms with Crippen LogP contribution in [-0.4, -0.2) is 28.9 Å². The maximum absolute atomic E-state index is 13.8. The fraction of sp³-hybridized carbons (Fsp3) is 0.263. The molecule has 4 rings (SSSR count). The van der Waals surface area contributed by atoms with Crippen LogP contribution in [0.1, 0.15) is 34.1 Å². The summed E-state index contributed by atoms with van der Waals surface area (Å²) in [6.45, 7) is 0.992. The molecule has 1 aromatic heterocycles. The number of hydrogen-bond acceptors (Lipinski definition) is 3. The van der Waals surface area contributed by atoms with Crippen LogP contribution in [0.25, 0.3) is 10.2 Å². The van der Waals surface area contributed by atoms with Crippen molar-refractivity contribution < 1.29 is 13.6 Å². The summed E-state index contributed by atoms with van der Waals surface area (Å²) in [6.07, 6.45) is 1.49. The number of aromatic nitrogens is 1. The summed E-state index contributed by atoms with van der Waals surface area (Å²) in [5.41, 5.74) is 0.677. The van der Waals surface area contributed by atoms with Crippen LogP contribution in [0.15, 0.2) is 36.4 Å². The molecule has 1 fully saturated rings. The number of rotatable bonds is 2. The van der Waals surface area contributed by atoms with E-state index in [9.17, 15) is 13.6 Å². The van der Waals surface area contributed by atoms with Gasteiger partial charge in [-0.15, -0.1) is 11.3 Å². The molecule has 1 amide bonds. The molecule has 134 valence electrons. The largest absolute Gasteiger partial charge is 0.339 e. The monoisotopic (exact) mass is 392 g/mol. The van der Waals surface area contributed by atoms with Gasteiger partial charge in [-0.2, -0.15) is 0 Å². The van der Waals surface area contributed by atoms with E-state index in [1.54, 1.807) is 16.2 Å². The molecule has 0 saturated carbocycles. The molecule has 1 aliphatic heterocycles. The molecule has 1 saturated heterocycles. The molecule has 1 aliphatic rings. The first-order chi connectivity index (χ1) is 12.5. The standard InChI is InChI=1S/C19H15ClF2N2OS/c20-12-1-4-17-16(9-12)23-18(26-17)11-5-7-24(8-6-11)19(25)14-10-13(21)2-3-15(14)22/h1-4,9-11H,5-8H2. The summed E-state index contributed by atoms with van der Waals surface area (Å²) in [7, 11) is 0. The summed E-state index contributed by atoms with van der Waals surface area (Å²) in [6, 6.07) is 8.62. The van der Waals surface area contributed by atoms with Crippen LogP contribution in [-0.2, 0) is 0 Å². The lowest BCUT2D eigenvalue weighted by atomic mass is 9.97. The average Bonchev–Trinajstić information content (AvgIpc) is 3.06. The Hall–Kier alpha value is -2.05. The molecular formula is C19H15ClF2N2OS. The minimum Gasteiger partial charge on any atom is -0.339 e. The molecule has 0 spiro atoms. The van der Waals surface area contributed by atoms with Gasteiger partial charge in [-0.3, -0.25) is 4.79 Å². The van der Waals surface area contributed by atoms with Gasteiger partial charge in [0.2, 0.25) is 0 Å². The van der Waals surface area contributed by atoms with E-state index in [0.717, 1.165) is 46.3 Å². The molecule has 0 aliphatic carbocycles. The van der Waals surface area contributed by atoms with E-state index in [2.05, 4.69) is 4.98 Å². The van der Waals surface area contributed by atoms with Crippen molar-refractivity contribution in [3.05, 3.63) is 63.6 Å². The normalized spacial score (nSPS) is 15.6. The van der Waals surface area contributed by atoms with Gasteiger partial charge in [-0.1, -0.05) is 11.6 Å². The van der Waals surface area contributed by atoms with Gasteiger partial charge in [-0.05, 0) is 49.2 Å². The average molecular weight is 393 g/mol. The Bertz CT molecular complexity index is 983. The number of likely N-dealkylation sites (tertiary alicyclic amines) is 1. The minimum absolute atomic E-state index is 0.210. The quantitative estimate of drug-likeness (QED) is 0.597. The number of halogens is 3. The fourth-order valence-corrected chi connectivity index (χ4v) is 4.54. The number of piperidine rings is 1. The van der Waals surface area contributed by atoms with Crippen molar-refractivity contribution in [2.45, 2.75) is 18.8 Å². The van der Waals surface area contributed by atoms with Crippen LogP contribution in [0.5, 0.6) is 0 Å². The van der Waals surface area contributed by atoms with E-state index in [0.29, 0.717) is 18.1 Å². The fourth-order valence-electron chi connectivity index (χ4n) is 3.25. The van der Waals surface area contributed by atoms with Gasteiger partial charge in [0.05, 0.1) is 20.8 Å². The molecule has 2 aromatic carbocycles. The number of thiazole rings is 1. The zero-order chi connectivity index (χ0) is 18.3. The Kier molecular flexibility index (Phi) is 4.63. The van der Waals surface area contributed by atoms with E-state index in [1.165, 1.54) is 0 Å². The highest BCUT2D eigenvalue weighted by molar-refractivity contribution is 7.18. The summed E-state index contributed by atoms with van der Waals surface area (Å²) in [5, 5.41) is 1.69. The van der Waals surface area contributed by atoms with Gasteiger partial charge in [-0.25, -0.2) is 13.8 Å². The highest BCUT2D eigenvalue weighted by Gasteiger charge is 2.28. The summed E-state index contributed by atoms with van der Waals surface area (Å²) >= 11 is 7.65. The molecule has 0 N–H and O–H groups in total. The molecule has 26 heavy (non-hydrogen) atoms. The molecule has 3 aromatic rings. The first kappa shape index (κ1) is 17.4. The number of carbonyl (C=O) groups is 1. The van der Waals surface area contributed by atoms with Gasteiger partial charge in [0.25, 0.3) is 5.91 Å². The third kappa shape index (κ3) is 3.31. The first-order valence-electron chi connectivity index (χ1n) is 8.31. The van der Waals surface area contributed by atoms with E-state index >= 15 is 0 Å². The van der Waals surface area contributed by atoms with E-state index in [-0.39, 0.29) is 11.5 Å². The molecule has 0 unspecified atom stereocenters. The van der Waals surface area contributed by atoms with Crippen molar-refractivity contribution in [1.82, 2.24) is 9.88 Å². The predicted molar refractivity (Wildman–Crippen MR) is 98.9 cm³/mol. The second-order valence-electron chi connectivity index (χ2n) is 6.35. The lowest BCUT2D eigenvalue weighted by Crippen LogP contribution is -2.38. The third-order valence-electron chi connectivity index (χ3n) is 4.66. The maximum Gasteiger partial charge on any atom is 0.256 e. The molecule has 0 atom stereocenters. The zero-order valence-electron chi connectivity index (χ0n) is 13.7. The van der Waals surface area contributed by atoms with Crippen molar-refractivity contribution >= 4 is 39.1 Å². The number of nitrogens with zero attached hydrogens (tertiary/aromatic N) is 2. The maximum atomic E-state index is 13.8. The van der Waals surface area contributed by atoms with Gasteiger partial charge < -0.3 is 4.90 Å². The smallest absolute Gasteiger partial charge is 0.256 e. The van der Waals surface area contributed by atoms with Crippen molar-refractivity contribution in [3.63, 3.8) is 0 Å². The molecule has 7 heteroatoms. The van der Waals surface area contributed by atoms with Crippen LogP contribution in [0.4, 0.5) is 8.78 Å². The molecule has 0 bridgehead atoms. The summed E-state index contributed by atoms with van der Waals surface area (Å²) in [5.74, 6) is -1.51. The number of amides is 1. The Morgan fingerprint density at radius 3 is 2.69 bits per heavy atom. The Balaban J connectivity index is 1.48. The van der Waals surface area contributed by atoms with Crippen LogP contribution < -0.4 is 0 Å². The third-order valence-corrected chi connectivity index (χ3v) is 6.09. The van der Waals surface area contributed by atoms with Gasteiger partial charge in [0, 0.05) is 24.0 Å². The van der Waals surface area contributed by atoms with Gasteiger partial charge in [0.1, 0.15) is 11.6 Å². The molecule has 2 heterocycles. The number of benzene rings is 2. The van der Waals surface area contributed by atoms with Crippen molar-refractivity contribution in [2.75, 3.05) is 13.1 Å². The number of hydrogen-bond donors (Lipinski definition) is 0. The van der Waals surface area contributed by atoms with Crippen LogP contribution in [0.3, 0.4) is 0 Å². The Morgan fingerprint density at radius 1 is 1.15 bits per heavy atom. The summed E-state index contributed by atoms with van der Waals surface area (Å²) < 4.78 is 28.3. The molecule has 0 radical (unpaired) electrons. The topological polar surface area (TPSA) is 33.2 Å². The predicted octanol–water partition coefficient (Wildman–Crippen LogP) is 5.25. The molecular weight excluding hydrogens is 378 g/mol. The van der Waals surface area contributed by atoms with Crippen molar-refractivity contribution in [1.29, 1.82) is 0 Å². The number of carbonyl (C=O) groups excluding carboxylic acids is 1. The van der Waals surface area contributed by atoms with E-state index in [4.69, 9.17) is 11.6 Å². The van der Waals surface area contributed by atoms with Gasteiger partial charge >= 0.3 is 0 Å². The van der Waals surface area contributed by atoms with E-state index < -0.39 is 17.5 Å². The minimum atomic E-state index is -0.693. The number of fused-ring (bicyclic) bond motifs is 1.